The fourth-order valence-electron chi connectivity index (χ4n) is 10.9. The van der Waals surface area contributed by atoms with E-state index >= 15 is 0 Å². The zero-order valence-corrected chi connectivity index (χ0v) is 50.0. The van der Waals surface area contributed by atoms with E-state index in [1.54, 1.807) is 58.9 Å². The second kappa shape index (κ2) is 36.3. The summed E-state index contributed by atoms with van der Waals surface area (Å²) in [5, 5.41) is 175. The fraction of sp³-hybridized carbons (Fsp3) is 0.803. The Morgan fingerprint density at radius 2 is 1.17 bits per heavy atom. The standard InChI is InChI=1S/C61H104O22/c1-31-14-10-11-18-45(68)36(6)55(74)32(2)15-12-16-34(4)60(79)81-49(39(9)50-22-23-53(72)80-50)19-13-17-40(63)25-41(64)27-46(69)37(7)56(75)38(8)47(70)28-42(65)26-43(66)29-48(71)51(24-35(5)54(73)33(3)20-21-44(31)67)82-61-59(78)58(77)57(76)52(30-62)83-61/h10,13-14,16-17,20-21,24,31-33,36-52,54-59,61-71,73-78H,11-12,15,18-19,22-23,25-30H2,1-9H3/b14-10+,17-13+,21-20+,34-16+,35-24+/t31?,32?,33?,36?,37?,38?,39?,40?,41?,42?,43?,44?,45?,46?,47?,48?,49?,50?,51?,52-,54?,55?,56?,57-,58+,59+,61+/m1/s1/i11+1,13+1,14+1,15+1,16+1,20+1,24+1,40+1,41+1,42+1,43+1,44+1,45+1,46+1,47+1,48+1,49+1,54+1,55+1,56+1,60+1,61+1. The third-order valence-corrected chi connectivity index (χ3v) is 17.2. The fourth-order valence-corrected chi connectivity index (χ4v) is 10.9. The van der Waals surface area contributed by atoms with Crippen LogP contribution in [0.3, 0.4) is 0 Å². The van der Waals surface area contributed by atoms with Gasteiger partial charge in [0, 0.05) is 66.8 Å². The lowest BCUT2D eigenvalue weighted by Gasteiger charge is -2.41. The molecule has 0 aromatic carbocycles. The Morgan fingerprint density at radius 3 is 1.76 bits per heavy atom. The van der Waals surface area contributed by atoms with Gasteiger partial charge in [0.1, 0.15) is 42.7 Å². The van der Waals surface area contributed by atoms with Crippen molar-refractivity contribution in [3.63, 3.8) is 0 Å². The van der Waals surface area contributed by atoms with E-state index in [1.807, 2.05) is 13.0 Å². The summed E-state index contributed by atoms with van der Waals surface area (Å²) in [6, 6.07) is 0. The number of cyclic esters (lactones) is 2. The van der Waals surface area contributed by atoms with Gasteiger partial charge in [0.05, 0.1) is 79.9 Å². The first-order chi connectivity index (χ1) is 38.9. The van der Waals surface area contributed by atoms with Gasteiger partial charge in [0.25, 0.3) is 0 Å². The molecule has 22 heteroatoms. The van der Waals surface area contributed by atoms with Gasteiger partial charge in [0.15, 0.2) is 6.29 Å². The summed E-state index contributed by atoms with van der Waals surface area (Å²) >= 11 is 0. The predicted molar refractivity (Wildman–Crippen MR) is 305 cm³/mol. The van der Waals surface area contributed by atoms with Crippen LogP contribution in [0.15, 0.2) is 59.8 Å². The predicted octanol–water partition coefficient (Wildman–Crippen LogP) is 1.05. The van der Waals surface area contributed by atoms with Gasteiger partial charge < -0.3 is 101 Å². The molecular formula is C61H104O22. The number of ether oxygens (including phenoxy) is 4. The van der Waals surface area contributed by atoms with Gasteiger partial charge in [-0.15, -0.1) is 0 Å². The molecule has 0 radical (unpaired) electrons. The average Bonchev–Trinajstić information content (AvgIpc) is 4.00. The van der Waals surface area contributed by atoms with E-state index in [-0.39, 0.29) is 49.6 Å². The van der Waals surface area contributed by atoms with Crippen molar-refractivity contribution in [3.8, 4) is 0 Å². The van der Waals surface area contributed by atoms with Crippen LogP contribution in [0.25, 0.3) is 0 Å². The van der Waals surface area contributed by atoms with Crippen molar-refractivity contribution in [2.75, 3.05) is 6.61 Å². The minimum atomic E-state index is -1.88. The summed E-state index contributed by atoms with van der Waals surface area (Å²) in [7, 11) is 0. The Hall–Kier alpha value is -3.08. The molecule has 27 atom stereocenters. The van der Waals surface area contributed by atoms with Gasteiger partial charge in [-0.3, -0.25) is 4.79 Å². The van der Waals surface area contributed by atoms with E-state index in [0.29, 0.717) is 37.7 Å². The van der Waals surface area contributed by atoms with Crippen molar-refractivity contribution in [1.29, 1.82) is 0 Å². The zero-order chi connectivity index (χ0) is 62.6. The van der Waals surface area contributed by atoms with Gasteiger partial charge in [-0.2, -0.15) is 0 Å². The summed E-state index contributed by atoms with van der Waals surface area (Å²) in [4.78, 5) is 25.5. The van der Waals surface area contributed by atoms with E-state index in [0.717, 1.165) is 0 Å². The molecule has 480 valence electrons. The summed E-state index contributed by atoms with van der Waals surface area (Å²) in [5.41, 5.74) is 0.540. The maximum atomic E-state index is 13.5. The highest BCUT2D eigenvalue weighted by molar-refractivity contribution is 5.87. The molecule has 3 heterocycles. The van der Waals surface area contributed by atoms with Crippen LogP contribution in [-0.4, -0.2) is 223 Å². The van der Waals surface area contributed by atoms with Crippen LogP contribution >= 0.6 is 0 Å². The van der Waals surface area contributed by atoms with Crippen molar-refractivity contribution in [1.82, 2.24) is 0 Å². The number of aliphatic hydroxyl groups is 16. The minimum absolute atomic E-state index is 0.118. The molecule has 0 spiro atoms. The first-order valence-electron chi connectivity index (χ1n) is 29.8. The molecule has 0 aliphatic carbocycles. The maximum Gasteiger partial charge on any atom is 0.333 e. The smallest absolute Gasteiger partial charge is 0.333 e. The van der Waals surface area contributed by atoms with Crippen molar-refractivity contribution in [2.45, 2.75) is 262 Å². The molecule has 0 bridgehead atoms. The van der Waals surface area contributed by atoms with E-state index in [4.69, 9.17) is 18.9 Å². The zero-order valence-electron chi connectivity index (χ0n) is 50.0. The molecule has 0 aromatic heterocycles. The second-order valence-electron chi connectivity index (χ2n) is 24.3. The van der Waals surface area contributed by atoms with E-state index in [1.165, 1.54) is 39.0 Å². The number of rotatable bonds is 5. The summed E-state index contributed by atoms with van der Waals surface area (Å²) in [6.07, 6.45) is -13.0. The van der Waals surface area contributed by atoms with Crippen LogP contribution < -0.4 is 0 Å². The number of hydrogen-bond donors (Lipinski definition) is 16. The van der Waals surface area contributed by atoms with Gasteiger partial charge >= 0.3 is 11.9 Å². The van der Waals surface area contributed by atoms with Crippen LogP contribution in [0.4, 0.5) is 0 Å². The van der Waals surface area contributed by atoms with Crippen LogP contribution in [0.2, 0.25) is 0 Å². The molecule has 22 unspecified atom stereocenters. The Bertz CT molecular complexity index is 2050. The van der Waals surface area contributed by atoms with Crippen LogP contribution in [0, 0.1) is 41.4 Å². The van der Waals surface area contributed by atoms with Crippen LogP contribution in [0.5, 0.6) is 0 Å². The highest BCUT2D eigenvalue weighted by Gasteiger charge is 2.46. The monoisotopic (exact) mass is 1210 g/mol. The number of carbonyl (C=O) groups excluding carboxylic acids is 2. The van der Waals surface area contributed by atoms with Crippen LogP contribution in [0.1, 0.15) is 139 Å². The van der Waals surface area contributed by atoms with Crippen molar-refractivity contribution in [3.05, 3.63) is 59.8 Å². The Balaban J connectivity index is 1.88. The molecule has 0 saturated carbocycles. The number of hydrogen-bond acceptors (Lipinski definition) is 22. The molecule has 3 rings (SSSR count). The molecule has 22 nitrogen and oxygen atoms in total. The van der Waals surface area contributed by atoms with Gasteiger partial charge in [-0.05, 0) is 76.7 Å². The third kappa shape index (κ3) is 23.9. The summed E-state index contributed by atoms with van der Waals surface area (Å²) < 4.78 is 22.9. The number of carbonyl (C=O) groups is 2. The highest BCUT2D eigenvalue weighted by Crippen LogP contribution is 2.31. The Labute approximate surface area is 490 Å². The van der Waals surface area contributed by atoms with Crippen LogP contribution in [-0.2, 0) is 28.5 Å². The van der Waals surface area contributed by atoms with Crippen molar-refractivity contribution >= 4 is 11.9 Å². The molecule has 0 amide bonds. The molecular weight excluding hydrogens is 1110 g/mol. The normalized spacial score (nSPS) is 45.6. The molecule has 16 N–H and O–H groups in total. The lowest BCUT2D eigenvalue weighted by molar-refractivity contribution is -0.313. The first-order valence-corrected chi connectivity index (χ1v) is 29.8. The van der Waals surface area contributed by atoms with E-state index in [9.17, 15) is 91.3 Å². The van der Waals surface area contributed by atoms with Gasteiger partial charge in [-0.1, -0.05) is 97.1 Å². The average molecular weight is 1210 g/mol. The lowest BCUT2D eigenvalue weighted by Crippen LogP contribution is -2.60. The van der Waals surface area contributed by atoms with E-state index < -0.39 is 183 Å². The summed E-state index contributed by atoms with van der Waals surface area (Å²) in [5.74, 6) is -5.08. The van der Waals surface area contributed by atoms with E-state index in [2.05, 4.69) is 0 Å². The highest BCUT2D eigenvalue weighted by atomic mass is 16.8. The first kappa shape index (κ1) is 74.2. The number of allylic oxidation sites excluding steroid dienone is 2. The Morgan fingerprint density at radius 1 is 0.578 bits per heavy atom. The van der Waals surface area contributed by atoms with Crippen molar-refractivity contribution in [2.24, 2.45) is 41.4 Å². The molecule has 3 aliphatic heterocycles. The lowest BCUT2D eigenvalue weighted by atomic mass is 10.0. The third-order valence-electron chi connectivity index (χ3n) is 17.2. The molecule has 83 heavy (non-hydrogen) atoms. The molecule has 0 aromatic rings. The Kier molecular flexibility index (Phi) is 32.4. The number of esters is 2. The summed E-state index contributed by atoms with van der Waals surface area (Å²) in [6.45, 7) is 14.2. The SMILES string of the molecule is C/C1=[13CH]\C[13CH2]C(C)[13CH](O)C(C)[13CH](O)C[13CH2]/C=[13CH]/C(C)[13CH](O)/C=[13CH]/C(C)[13CH](O)/C(C)=[13CH]/C(O[13C@H]2O[C@H](CO)[C@@H](O)[C@H](O)[C@@H]2O)[13CH](O)C[13CH](O)C[13CH](O)C[13CH](O)C(C)[13CH](O)C(C)[13CH](O)C[13CH](O)C[13CH](O)/C=[13CH]/C[13CH](C(C)C2CCC(=O)O2)O[13C]1=O. The van der Waals surface area contributed by atoms with Gasteiger partial charge in [-0.25, -0.2) is 4.79 Å². The van der Waals surface area contributed by atoms with Crippen molar-refractivity contribution < 1.29 is 110 Å². The molecule has 2 saturated heterocycles. The largest absolute Gasteiger partial charge is 0.462 e. The van der Waals surface area contributed by atoms with Gasteiger partial charge in [0.2, 0.25) is 0 Å². The second-order valence-corrected chi connectivity index (χ2v) is 24.3. The minimum Gasteiger partial charge on any atom is -0.462 e. The molecule has 2 fully saturated rings. The molecule has 3 aliphatic rings. The topological polar surface area (TPSA) is 395 Å². The quantitative estimate of drug-likeness (QED) is 0.104. The maximum absolute atomic E-state index is 13.5. The number of aliphatic hydroxyl groups excluding tert-OH is 16.